The van der Waals surface area contributed by atoms with Crippen LogP contribution in [-0.2, 0) is 9.59 Å². The largest absolute Gasteiger partial charge is 0.354 e. The molecular weight excluding hydrogens is 168 g/mol. The summed E-state index contributed by atoms with van der Waals surface area (Å²) in [5.74, 6) is -0.0922. The first-order valence-electron chi connectivity index (χ1n) is 4.74. The van der Waals surface area contributed by atoms with E-state index in [0.29, 0.717) is 25.8 Å². The van der Waals surface area contributed by atoms with E-state index < -0.39 is 5.54 Å². The van der Waals surface area contributed by atoms with Gasteiger partial charge in [0.05, 0.1) is 0 Å². The van der Waals surface area contributed by atoms with Crippen LogP contribution in [0.5, 0.6) is 0 Å². The molecule has 1 aliphatic heterocycles. The van der Waals surface area contributed by atoms with E-state index in [9.17, 15) is 9.59 Å². The highest BCUT2D eigenvalue weighted by molar-refractivity contribution is 5.93. The Morgan fingerprint density at radius 3 is 2.46 bits per heavy atom. The fraction of sp³-hybridized carbons (Fsp3) is 0.778. The minimum atomic E-state index is -0.673. The fourth-order valence-corrected chi connectivity index (χ4v) is 1.59. The lowest BCUT2D eigenvalue weighted by Gasteiger charge is -2.28. The molecule has 0 spiro atoms. The zero-order valence-corrected chi connectivity index (χ0v) is 8.14. The first kappa shape index (κ1) is 10.0. The van der Waals surface area contributed by atoms with Crippen molar-refractivity contribution in [2.75, 3.05) is 6.54 Å². The Morgan fingerprint density at radius 2 is 1.92 bits per heavy atom. The van der Waals surface area contributed by atoms with E-state index in [0.717, 1.165) is 0 Å². The summed E-state index contributed by atoms with van der Waals surface area (Å²) in [5, 5.41) is 5.54. The second-order valence-electron chi connectivity index (χ2n) is 3.34. The van der Waals surface area contributed by atoms with Gasteiger partial charge in [0.15, 0.2) is 0 Å². The molecule has 0 radical (unpaired) electrons. The zero-order chi connectivity index (χ0) is 9.90. The zero-order valence-electron chi connectivity index (χ0n) is 8.14. The van der Waals surface area contributed by atoms with Gasteiger partial charge in [-0.1, -0.05) is 13.8 Å². The van der Waals surface area contributed by atoms with Crippen LogP contribution in [0.25, 0.3) is 0 Å². The molecule has 1 rings (SSSR count). The molecule has 2 N–H and O–H groups in total. The summed E-state index contributed by atoms with van der Waals surface area (Å²) in [6.45, 7) is 4.27. The van der Waals surface area contributed by atoms with Gasteiger partial charge in [0.25, 0.3) is 0 Å². The lowest BCUT2D eigenvalue weighted by molar-refractivity contribution is -0.131. The van der Waals surface area contributed by atoms with Crippen LogP contribution in [0.2, 0.25) is 0 Å². The standard InChI is InChI=1S/C9H16N2O2/c1-3-9(4-2)8(13)10-6-5-7(12)11-9/h3-6H2,1-2H3,(H,10,13)(H,11,12). The SMILES string of the molecule is CCC1(CC)NC(=O)CCNC1=O. The molecule has 0 saturated carbocycles. The van der Waals surface area contributed by atoms with E-state index in [4.69, 9.17) is 0 Å². The Morgan fingerprint density at radius 1 is 1.31 bits per heavy atom. The summed E-state index contributed by atoms with van der Waals surface area (Å²) < 4.78 is 0. The lowest BCUT2D eigenvalue weighted by Crippen LogP contribution is -2.55. The highest BCUT2D eigenvalue weighted by Gasteiger charge is 2.37. The molecule has 4 heteroatoms. The van der Waals surface area contributed by atoms with Crippen molar-refractivity contribution in [1.82, 2.24) is 10.6 Å². The Hall–Kier alpha value is -1.06. The predicted molar refractivity (Wildman–Crippen MR) is 49.1 cm³/mol. The van der Waals surface area contributed by atoms with Crippen molar-refractivity contribution < 1.29 is 9.59 Å². The van der Waals surface area contributed by atoms with Crippen LogP contribution < -0.4 is 10.6 Å². The fourth-order valence-electron chi connectivity index (χ4n) is 1.59. The summed E-state index contributed by atoms with van der Waals surface area (Å²) in [4.78, 5) is 22.9. The van der Waals surface area contributed by atoms with Gasteiger partial charge in [-0.3, -0.25) is 9.59 Å². The molecule has 1 aliphatic rings. The van der Waals surface area contributed by atoms with Gasteiger partial charge in [-0.15, -0.1) is 0 Å². The third-order valence-corrected chi connectivity index (χ3v) is 2.66. The monoisotopic (exact) mass is 184 g/mol. The summed E-state index contributed by atoms with van der Waals surface area (Å²) >= 11 is 0. The van der Waals surface area contributed by atoms with E-state index >= 15 is 0 Å². The molecule has 1 fully saturated rings. The highest BCUT2D eigenvalue weighted by atomic mass is 16.2. The summed E-state index contributed by atoms with van der Waals surface area (Å²) in [7, 11) is 0. The Bertz CT molecular complexity index is 222. The molecule has 0 unspecified atom stereocenters. The van der Waals surface area contributed by atoms with Crippen LogP contribution in [0.3, 0.4) is 0 Å². The molecule has 0 atom stereocenters. The van der Waals surface area contributed by atoms with Crippen LogP contribution >= 0.6 is 0 Å². The third-order valence-electron chi connectivity index (χ3n) is 2.66. The smallest absolute Gasteiger partial charge is 0.245 e. The molecule has 74 valence electrons. The van der Waals surface area contributed by atoms with Crippen molar-refractivity contribution in [3.63, 3.8) is 0 Å². The second-order valence-corrected chi connectivity index (χ2v) is 3.34. The number of amides is 2. The summed E-state index contributed by atoms with van der Waals surface area (Å²) in [6.07, 6.45) is 1.66. The Kier molecular flexibility index (Phi) is 2.90. The van der Waals surface area contributed by atoms with Crippen molar-refractivity contribution in [3.05, 3.63) is 0 Å². The summed E-state index contributed by atoms with van der Waals surface area (Å²) in [5.41, 5.74) is -0.673. The van der Waals surface area contributed by atoms with E-state index in [1.54, 1.807) is 0 Å². The third kappa shape index (κ3) is 1.82. The minimum Gasteiger partial charge on any atom is -0.354 e. The first-order chi connectivity index (χ1) is 6.14. The van der Waals surface area contributed by atoms with Gasteiger partial charge in [-0.25, -0.2) is 0 Å². The highest BCUT2D eigenvalue weighted by Crippen LogP contribution is 2.17. The average molecular weight is 184 g/mol. The number of hydrogen-bond donors (Lipinski definition) is 2. The van der Waals surface area contributed by atoms with Gasteiger partial charge in [0.2, 0.25) is 11.8 Å². The summed E-state index contributed by atoms with van der Waals surface area (Å²) in [6, 6.07) is 0. The number of hydrogen-bond acceptors (Lipinski definition) is 2. The average Bonchev–Trinajstić information content (AvgIpc) is 2.26. The van der Waals surface area contributed by atoms with Crippen molar-refractivity contribution in [3.8, 4) is 0 Å². The van der Waals surface area contributed by atoms with Gasteiger partial charge >= 0.3 is 0 Å². The molecule has 0 aromatic carbocycles. The molecular formula is C9H16N2O2. The van der Waals surface area contributed by atoms with Gasteiger partial charge in [0.1, 0.15) is 5.54 Å². The van der Waals surface area contributed by atoms with Gasteiger partial charge in [-0.2, -0.15) is 0 Å². The number of nitrogens with one attached hydrogen (secondary N) is 2. The molecule has 1 saturated heterocycles. The topological polar surface area (TPSA) is 58.2 Å². The van der Waals surface area contributed by atoms with Gasteiger partial charge in [-0.05, 0) is 12.8 Å². The Labute approximate surface area is 78.1 Å². The first-order valence-corrected chi connectivity index (χ1v) is 4.74. The van der Waals surface area contributed by atoms with Crippen molar-refractivity contribution in [2.24, 2.45) is 0 Å². The lowest BCUT2D eigenvalue weighted by atomic mass is 9.92. The molecule has 0 aliphatic carbocycles. The molecule has 0 aromatic heterocycles. The normalized spacial score (nSPS) is 21.7. The maximum Gasteiger partial charge on any atom is 0.245 e. The van der Waals surface area contributed by atoms with Crippen LogP contribution in [0.4, 0.5) is 0 Å². The molecule has 2 amide bonds. The van der Waals surface area contributed by atoms with Crippen molar-refractivity contribution in [2.45, 2.75) is 38.6 Å². The molecule has 0 bridgehead atoms. The molecule has 13 heavy (non-hydrogen) atoms. The molecule has 0 aromatic rings. The van der Waals surface area contributed by atoms with E-state index in [-0.39, 0.29) is 11.8 Å². The van der Waals surface area contributed by atoms with Crippen LogP contribution in [0.15, 0.2) is 0 Å². The Balaban J connectivity index is 2.87. The maximum absolute atomic E-state index is 11.6. The van der Waals surface area contributed by atoms with Crippen LogP contribution in [0.1, 0.15) is 33.1 Å². The van der Waals surface area contributed by atoms with E-state index in [1.165, 1.54) is 0 Å². The second kappa shape index (κ2) is 3.77. The van der Waals surface area contributed by atoms with Gasteiger partial charge < -0.3 is 10.6 Å². The number of rotatable bonds is 2. The number of carbonyl (C=O) groups excluding carboxylic acids is 2. The van der Waals surface area contributed by atoms with Crippen LogP contribution in [0, 0.1) is 0 Å². The van der Waals surface area contributed by atoms with Crippen molar-refractivity contribution >= 4 is 11.8 Å². The maximum atomic E-state index is 11.6. The molecule has 1 heterocycles. The van der Waals surface area contributed by atoms with Gasteiger partial charge in [0, 0.05) is 13.0 Å². The number of carbonyl (C=O) groups is 2. The van der Waals surface area contributed by atoms with E-state index in [1.807, 2.05) is 13.8 Å². The minimum absolute atomic E-state index is 0.0398. The van der Waals surface area contributed by atoms with E-state index in [2.05, 4.69) is 10.6 Å². The van der Waals surface area contributed by atoms with Crippen molar-refractivity contribution in [1.29, 1.82) is 0 Å². The van der Waals surface area contributed by atoms with Crippen LogP contribution in [-0.4, -0.2) is 23.9 Å². The molecule has 4 nitrogen and oxygen atoms in total. The quantitative estimate of drug-likeness (QED) is 0.643. The predicted octanol–water partition coefficient (Wildman–Crippen LogP) is 0.181.